The zero-order chi connectivity index (χ0) is 12.3. The standard InChI is InChI=1S/C10H17ClN4O/c1-6-8(9(11)15(4)14-6)5-13-7(2)10(16)12-3/h7,13H,5H2,1-4H3,(H,12,16). The number of amides is 1. The van der Waals surface area contributed by atoms with Crippen molar-refractivity contribution in [1.29, 1.82) is 0 Å². The van der Waals surface area contributed by atoms with Gasteiger partial charge in [0.1, 0.15) is 5.15 Å². The van der Waals surface area contributed by atoms with Gasteiger partial charge in [-0.2, -0.15) is 5.10 Å². The van der Waals surface area contributed by atoms with Crippen LogP contribution in [0.3, 0.4) is 0 Å². The molecule has 0 aromatic carbocycles. The van der Waals surface area contributed by atoms with Crippen molar-refractivity contribution in [2.24, 2.45) is 7.05 Å². The van der Waals surface area contributed by atoms with Crippen molar-refractivity contribution < 1.29 is 4.79 Å². The summed E-state index contributed by atoms with van der Waals surface area (Å²) in [7, 11) is 3.41. The van der Waals surface area contributed by atoms with Crippen molar-refractivity contribution in [1.82, 2.24) is 20.4 Å². The minimum Gasteiger partial charge on any atom is -0.358 e. The van der Waals surface area contributed by atoms with Crippen LogP contribution >= 0.6 is 11.6 Å². The number of carbonyl (C=O) groups is 1. The first-order valence-corrected chi connectivity index (χ1v) is 5.48. The average Bonchev–Trinajstić information content (AvgIpc) is 2.49. The van der Waals surface area contributed by atoms with Crippen molar-refractivity contribution in [3.63, 3.8) is 0 Å². The largest absolute Gasteiger partial charge is 0.358 e. The molecule has 2 N–H and O–H groups in total. The van der Waals surface area contributed by atoms with Crippen molar-refractivity contribution in [2.45, 2.75) is 26.4 Å². The van der Waals surface area contributed by atoms with Crippen LogP contribution in [0.4, 0.5) is 0 Å². The molecule has 16 heavy (non-hydrogen) atoms. The fraction of sp³-hybridized carbons (Fsp3) is 0.600. The molecule has 1 aromatic heterocycles. The van der Waals surface area contributed by atoms with E-state index in [1.54, 1.807) is 25.7 Å². The van der Waals surface area contributed by atoms with Crippen LogP contribution in [0.5, 0.6) is 0 Å². The Morgan fingerprint density at radius 3 is 2.69 bits per heavy atom. The molecule has 1 aromatic rings. The number of halogens is 1. The van der Waals surface area contributed by atoms with Gasteiger partial charge in [-0.15, -0.1) is 0 Å². The first-order valence-electron chi connectivity index (χ1n) is 5.10. The van der Waals surface area contributed by atoms with Gasteiger partial charge in [0, 0.05) is 26.2 Å². The van der Waals surface area contributed by atoms with Crippen LogP contribution in [0.15, 0.2) is 0 Å². The third-order valence-corrected chi connectivity index (χ3v) is 2.97. The zero-order valence-electron chi connectivity index (χ0n) is 9.97. The second-order valence-electron chi connectivity index (χ2n) is 3.70. The quantitative estimate of drug-likeness (QED) is 0.816. The first kappa shape index (κ1) is 13.0. The monoisotopic (exact) mass is 244 g/mol. The van der Waals surface area contributed by atoms with Crippen LogP contribution in [0.25, 0.3) is 0 Å². The van der Waals surface area contributed by atoms with Crippen LogP contribution in [0, 0.1) is 6.92 Å². The summed E-state index contributed by atoms with van der Waals surface area (Å²) in [6, 6.07) is -0.249. The Morgan fingerprint density at radius 1 is 1.62 bits per heavy atom. The number of hydrogen-bond donors (Lipinski definition) is 2. The Hall–Kier alpha value is -1.07. The summed E-state index contributed by atoms with van der Waals surface area (Å²) in [5.41, 5.74) is 1.81. The number of nitrogens with one attached hydrogen (secondary N) is 2. The van der Waals surface area contributed by atoms with Gasteiger partial charge in [0.2, 0.25) is 5.91 Å². The summed E-state index contributed by atoms with van der Waals surface area (Å²) in [5.74, 6) is -0.0438. The SMILES string of the molecule is CNC(=O)C(C)NCc1c(C)nn(C)c1Cl. The summed E-state index contributed by atoms with van der Waals surface area (Å²) in [4.78, 5) is 11.3. The van der Waals surface area contributed by atoms with Crippen molar-refractivity contribution >= 4 is 17.5 Å². The van der Waals surface area contributed by atoms with E-state index in [-0.39, 0.29) is 11.9 Å². The van der Waals surface area contributed by atoms with E-state index >= 15 is 0 Å². The number of aromatic nitrogens is 2. The predicted octanol–water partition coefficient (Wildman–Crippen LogP) is 0.606. The van der Waals surface area contributed by atoms with Crippen LogP contribution in [0.1, 0.15) is 18.2 Å². The third kappa shape index (κ3) is 2.74. The lowest BCUT2D eigenvalue weighted by molar-refractivity contribution is -0.122. The van der Waals surface area contributed by atoms with Crippen molar-refractivity contribution in [3.8, 4) is 0 Å². The summed E-state index contributed by atoms with van der Waals surface area (Å²) < 4.78 is 1.62. The number of nitrogens with zero attached hydrogens (tertiary/aromatic N) is 2. The van der Waals surface area contributed by atoms with Crippen LogP contribution in [0.2, 0.25) is 5.15 Å². The molecule has 1 rings (SSSR count). The number of rotatable bonds is 4. The molecule has 0 saturated heterocycles. The molecular weight excluding hydrogens is 228 g/mol. The lowest BCUT2D eigenvalue weighted by Crippen LogP contribution is -2.40. The maximum Gasteiger partial charge on any atom is 0.236 e. The molecule has 0 aliphatic carbocycles. The number of likely N-dealkylation sites (N-methyl/N-ethyl adjacent to an activating group) is 1. The fourth-order valence-corrected chi connectivity index (χ4v) is 1.68. The molecule has 0 radical (unpaired) electrons. The highest BCUT2D eigenvalue weighted by Gasteiger charge is 2.14. The normalized spacial score (nSPS) is 12.6. The maximum atomic E-state index is 11.3. The summed E-state index contributed by atoms with van der Waals surface area (Å²) in [6.45, 7) is 4.24. The third-order valence-electron chi connectivity index (χ3n) is 2.49. The van der Waals surface area contributed by atoms with Gasteiger partial charge in [0.15, 0.2) is 0 Å². The number of carbonyl (C=O) groups excluding carboxylic acids is 1. The minimum atomic E-state index is -0.249. The maximum absolute atomic E-state index is 11.3. The number of aryl methyl sites for hydroxylation is 2. The van der Waals surface area contributed by atoms with Gasteiger partial charge in [-0.1, -0.05) is 11.6 Å². The van der Waals surface area contributed by atoms with Gasteiger partial charge in [-0.05, 0) is 13.8 Å². The van der Waals surface area contributed by atoms with Crippen LogP contribution in [-0.4, -0.2) is 28.8 Å². The second kappa shape index (κ2) is 5.32. The van der Waals surface area contributed by atoms with E-state index in [0.29, 0.717) is 11.7 Å². The number of hydrogen-bond acceptors (Lipinski definition) is 3. The Labute approximate surface area is 100 Å². The Morgan fingerprint density at radius 2 is 2.25 bits per heavy atom. The Balaban J connectivity index is 2.64. The summed E-state index contributed by atoms with van der Waals surface area (Å²) >= 11 is 6.07. The van der Waals surface area contributed by atoms with E-state index in [1.807, 2.05) is 6.92 Å². The molecule has 5 nitrogen and oxygen atoms in total. The first-order chi connectivity index (χ1) is 7.47. The van der Waals surface area contributed by atoms with Gasteiger partial charge in [0.05, 0.1) is 11.7 Å². The molecule has 1 unspecified atom stereocenters. The van der Waals surface area contributed by atoms with E-state index in [0.717, 1.165) is 11.3 Å². The Bertz CT molecular complexity index is 388. The predicted molar refractivity (Wildman–Crippen MR) is 63.3 cm³/mol. The summed E-state index contributed by atoms with van der Waals surface area (Å²) in [6.07, 6.45) is 0. The fourth-order valence-electron chi connectivity index (χ4n) is 1.44. The molecule has 0 fully saturated rings. The van der Waals surface area contributed by atoms with E-state index < -0.39 is 0 Å². The highest BCUT2D eigenvalue weighted by atomic mass is 35.5. The van der Waals surface area contributed by atoms with Gasteiger partial charge in [-0.3, -0.25) is 9.48 Å². The molecule has 90 valence electrons. The average molecular weight is 245 g/mol. The molecule has 6 heteroatoms. The summed E-state index contributed by atoms with van der Waals surface area (Å²) in [5, 5.41) is 10.5. The molecule has 0 bridgehead atoms. The van der Waals surface area contributed by atoms with E-state index in [2.05, 4.69) is 15.7 Å². The lowest BCUT2D eigenvalue weighted by Gasteiger charge is -2.11. The van der Waals surface area contributed by atoms with Crippen LogP contribution < -0.4 is 10.6 Å². The molecule has 0 saturated carbocycles. The zero-order valence-corrected chi connectivity index (χ0v) is 10.7. The topological polar surface area (TPSA) is 59.0 Å². The van der Waals surface area contributed by atoms with Crippen molar-refractivity contribution in [2.75, 3.05) is 7.05 Å². The van der Waals surface area contributed by atoms with Crippen LogP contribution in [-0.2, 0) is 18.4 Å². The highest BCUT2D eigenvalue weighted by Crippen LogP contribution is 2.18. The lowest BCUT2D eigenvalue weighted by atomic mass is 10.2. The van der Waals surface area contributed by atoms with E-state index in [1.165, 1.54) is 0 Å². The Kier molecular flexibility index (Phi) is 4.32. The van der Waals surface area contributed by atoms with E-state index in [9.17, 15) is 4.79 Å². The molecule has 1 heterocycles. The van der Waals surface area contributed by atoms with Gasteiger partial charge in [0.25, 0.3) is 0 Å². The smallest absolute Gasteiger partial charge is 0.236 e. The minimum absolute atomic E-state index is 0.0438. The molecular formula is C10H17ClN4O. The van der Waals surface area contributed by atoms with E-state index in [4.69, 9.17) is 11.6 Å². The molecule has 0 spiro atoms. The molecule has 0 aliphatic rings. The molecule has 1 amide bonds. The molecule has 1 atom stereocenters. The van der Waals surface area contributed by atoms with Gasteiger partial charge < -0.3 is 10.6 Å². The van der Waals surface area contributed by atoms with Gasteiger partial charge in [-0.25, -0.2) is 0 Å². The molecule has 0 aliphatic heterocycles. The second-order valence-corrected chi connectivity index (χ2v) is 4.05. The van der Waals surface area contributed by atoms with Gasteiger partial charge >= 0.3 is 0 Å². The van der Waals surface area contributed by atoms with Crippen molar-refractivity contribution in [3.05, 3.63) is 16.4 Å². The highest BCUT2D eigenvalue weighted by molar-refractivity contribution is 6.30.